The molecule has 0 radical (unpaired) electrons. The van der Waals surface area contributed by atoms with Crippen molar-refractivity contribution in [1.82, 2.24) is 0 Å². The zero-order valence-electron chi connectivity index (χ0n) is 15.3. The first-order chi connectivity index (χ1) is 10.9. The lowest BCUT2D eigenvalue weighted by Gasteiger charge is -2.26. The lowest BCUT2D eigenvalue weighted by Crippen LogP contribution is -2.05. The Balaban J connectivity index is 4.62. The van der Waals surface area contributed by atoms with Gasteiger partial charge < -0.3 is 18.1 Å². The molecular weight excluding hydrogens is 462 g/mol. The molecule has 4 nitrogen and oxygen atoms in total. The van der Waals surface area contributed by atoms with Gasteiger partial charge in [0.25, 0.3) is 11.4 Å². The summed E-state index contributed by atoms with van der Waals surface area (Å²) in [4.78, 5) is 0. The van der Waals surface area contributed by atoms with Crippen LogP contribution in [0.4, 0.5) is 0 Å². The van der Waals surface area contributed by atoms with Gasteiger partial charge in [0.2, 0.25) is 0 Å². The van der Waals surface area contributed by atoms with E-state index in [1.807, 2.05) is 55.4 Å². The Bertz CT molecular complexity index is 379. The monoisotopic (exact) mass is 490 g/mol. The lowest BCUT2D eigenvalue weighted by atomic mass is 10.5. The molecule has 0 fully saturated rings. The average molecular weight is 491 g/mol. The average Bonchev–Trinajstić information content (AvgIpc) is 2.30. The van der Waals surface area contributed by atoms with Gasteiger partial charge in [0.15, 0.2) is 0 Å². The first-order valence-electron chi connectivity index (χ1n) is 7.52. The van der Waals surface area contributed by atoms with E-state index in [9.17, 15) is 0 Å². The molecule has 0 atom stereocenters. The van der Waals surface area contributed by atoms with Crippen molar-refractivity contribution in [3.05, 3.63) is 0 Å². The minimum absolute atomic E-state index is 0.0272. The highest BCUT2D eigenvalue weighted by molar-refractivity contribution is 9.38. The van der Waals surface area contributed by atoms with E-state index in [0.29, 0.717) is 0 Å². The van der Waals surface area contributed by atoms with Crippen LogP contribution in [0.2, 0.25) is 0 Å². The van der Waals surface area contributed by atoms with Crippen LogP contribution in [0.15, 0.2) is 0 Å². The van der Waals surface area contributed by atoms with E-state index in [1.54, 1.807) is 0 Å². The molecule has 146 valence electrons. The Labute approximate surface area is 172 Å². The molecule has 0 aliphatic carbocycles. The minimum Gasteiger partial charge on any atom is -0.318 e. The Kier molecular flexibility index (Phi) is 14.3. The molecule has 0 bridgehead atoms. The van der Waals surface area contributed by atoms with Gasteiger partial charge >= 0.3 is 0 Å². The summed E-state index contributed by atoms with van der Waals surface area (Å²) in [5.74, 6) is 0. The highest BCUT2D eigenvalue weighted by Crippen LogP contribution is 2.75. The highest BCUT2D eigenvalue weighted by Gasteiger charge is 2.27. The van der Waals surface area contributed by atoms with Crippen LogP contribution in [0.5, 0.6) is 0 Å². The van der Waals surface area contributed by atoms with Crippen LogP contribution in [-0.2, 0) is 41.7 Å². The van der Waals surface area contributed by atoms with Crippen LogP contribution < -0.4 is 0 Å². The summed E-state index contributed by atoms with van der Waals surface area (Å²) in [6, 6.07) is 0. The van der Waals surface area contributed by atoms with Gasteiger partial charge in [-0.25, -0.2) is 0 Å². The molecule has 0 N–H and O–H groups in total. The van der Waals surface area contributed by atoms with E-state index in [2.05, 4.69) is 0 Å². The maximum atomic E-state index is 5.85. The summed E-state index contributed by atoms with van der Waals surface area (Å²) < 4.78 is 23.4. The van der Waals surface area contributed by atoms with E-state index in [0.717, 1.165) is 0 Å². The van der Waals surface area contributed by atoms with Crippen LogP contribution in [0.3, 0.4) is 0 Å². The molecular formula is C12H28O4P2S6. The van der Waals surface area contributed by atoms with Crippen molar-refractivity contribution < 1.29 is 18.1 Å². The smallest absolute Gasteiger partial charge is 0.259 e. The predicted octanol–water partition coefficient (Wildman–Crippen LogP) is 7.81. The molecule has 0 saturated heterocycles. The molecule has 0 aromatic rings. The van der Waals surface area contributed by atoms with Crippen molar-refractivity contribution >= 4 is 75.5 Å². The van der Waals surface area contributed by atoms with Crippen molar-refractivity contribution in [3.8, 4) is 0 Å². The number of hydrogen-bond donors (Lipinski definition) is 0. The summed E-state index contributed by atoms with van der Waals surface area (Å²) in [7, 11) is 5.95. The van der Waals surface area contributed by atoms with Crippen molar-refractivity contribution in [2.75, 3.05) is 0 Å². The second-order valence-electron chi connectivity index (χ2n) is 5.80. The molecule has 12 heteroatoms. The van der Waals surface area contributed by atoms with Crippen molar-refractivity contribution in [3.63, 3.8) is 0 Å². The summed E-state index contributed by atoms with van der Waals surface area (Å²) in [6.07, 6.45) is 0.109. The van der Waals surface area contributed by atoms with E-state index >= 15 is 0 Å². The first-order valence-corrected chi connectivity index (χ1v) is 18.8. The SMILES string of the molecule is CC(C)OP(=S)(OC(C)C)SSSSP(=S)(OC(C)C)OC(C)C. The summed E-state index contributed by atoms with van der Waals surface area (Å²) >= 11 is 11.2. The number of hydrogen-bond acceptors (Lipinski definition) is 10. The van der Waals surface area contributed by atoms with E-state index < -0.39 is 11.4 Å². The first kappa shape index (κ1) is 26.5. The van der Waals surface area contributed by atoms with E-state index in [1.165, 1.54) is 40.5 Å². The Morgan fingerprint density at radius 2 is 0.750 bits per heavy atom. The van der Waals surface area contributed by atoms with Gasteiger partial charge in [-0.1, -0.05) is 0 Å². The van der Waals surface area contributed by atoms with Gasteiger partial charge in [0, 0.05) is 20.8 Å². The van der Waals surface area contributed by atoms with Crippen LogP contribution >= 0.6 is 51.9 Å². The third-order valence-electron chi connectivity index (χ3n) is 1.63. The van der Waals surface area contributed by atoms with Crippen LogP contribution in [-0.4, -0.2) is 24.4 Å². The second-order valence-corrected chi connectivity index (χ2v) is 23.0. The van der Waals surface area contributed by atoms with Crippen LogP contribution in [0.25, 0.3) is 0 Å². The summed E-state index contributed by atoms with van der Waals surface area (Å²) in [5.41, 5.74) is -4.79. The van der Waals surface area contributed by atoms with Gasteiger partial charge in [-0.05, 0) is 98.7 Å². The maximum absolute atomic E-state index is 5.85. The normalized spacial score (nSPS) is 13.7. The van der Waals surface area contributed by atoms with Crippen molar-refractivity contribution in [2.45, 2.75) is 79.8 Å². The van der Waals surface area contributed by atoms with Gasteiger partial charge in [-0.3, -0.25) is 0 Å². The molecule has 0 spiro atoms. The zero-order valence-corrected chi connectivity index (χ0v) is 22.0. The lowest BCUT2D eigenvalue weighted by molar-refractivity contribution is 0.185. The maximum Gasteiger partial charge on any atom is 0.259 e. The molecule has 0 rings (SSSR count). The fraction of sp³-hybridized carbons (Fsp3) is 1.00. The molecule has 0 aromatic heterocycles. The third kappa shape index (κ3) is 13.7. The van der Waals surface area contributed by atoms with Gasteiger partial charge in [-0.15, -0.1) is 0 Å². The molecule has 24 heavy (non-hydrogen) atoms. The standard InChI is InChI=1S/C12H28O4P2S6/c1-9(2)13-17(19,14-10(3)4)21-23-24-22-18(20,15-11(5)6)16-12(7)8/h9-12H,1-8H3. The number of rotatable bonds is 13. The third-order valence-corrected chi connectivity index (χ3v) is 21.5. The molecule has 0 unspecified atom stereocenters. The molecule has 0 aliphatic heterocycles. The van der Waals surface area contributed by atoms with Gasteiger partial charge in [-0.2, -0.15) is 0 Å². The van der Waals surface area contributed by atoms with Gasteiger partial charge in [0.05, 0.1) is 24.4 Å². The fourth-order valence-electron chi connectivity index (χ4n) is 1.25. The van der Waals surface area contributed by atoms with Crippen LogP contribution in [0.1, 0.15) is 55.4 Å². The minimum atomic E-state index is -2.39. The summed E-state index contributed by atoms with van der Waals surface area (Å²) in [6.45, 7) is 15.7. The zero-order chi connectivity index (χ0) is 19.0. The largest absolute Gasteiger partial charge is 0.318 e. The molecule has 0 amide bonds. The van der Waals surface area contributed by atoms with Gasteiger partial charge in [0.1, 0.15) is 0 Å². The van der Waals surface area contributed by atoms with Crippen molar-refractivity contribution in [1.29, 1.82) is 0 Å². The Morgan fingerprint density at radius 3 is 0.917 bits per heavy atom. The predicted molar refractivity (Wildman–Crippen MR) is 124 cm³/mol. The second kappa shape index (κ2) is 12.9. The molecule has 0 heterocycles. The quantitative estimate of drug-likeness (QED) is 0.145. The Hall–Kier alpha value is 2.54. The summed E-state index contributed by atoms with van der Waals surface area (Å²) in [5, 5.41) is 0. The van der Waals surface area contributed by atoms with E-state index in [-0.39, 0.29) is 24.4 Å². The molecule has 0 aromatic carbocycles. The highest BCUT2D eigenvalue weighted by atomic mass is 33.8. The van der Waals surface area contributed by atoms with Crippen molar-refractivity contribution in [2.24, 2.45) is 0 Å². The molecule has 0 aliphatic rings. The molecule has 0 saturated carbocycles. The Morgan fingerprint density at radius 1 is 0.542 bits per heavy atom. The van der Waals surface area contributed by atoms with E-state index in [4.69, 9.17) is 41.7 Å². The topological polar surface area (TPSA) is 36.9 Å². The fourth-order valence-corrected chi connectivity index (χ4v) is 25.4. The van der Waals surface area contributed by atoms with Crippen LogP contribution in [0, 0.1) is 0 Å².